The van der Waals surface area contributed by atoms with Gasteiger partial charge in [0.25, 0.3) is 0 Å². The van der Waals surface area contributed by atoms with Crippen molar-refractivity contribution >= 4 is 28.9 Å². The molecule has 0 aliphatic rings. The minimum atomic E-state index is -0.585. The van der Waals surface area contributed by atoms with Crippen LogP contribution in [0.5, 0.6) is 5.75 Å². The molecular weight excluding hydrogens is 402 g/mol. The van der Waals surface area contributed by atoms with Gasteiger partial charge in [0.15, 0.2) is 19.0 Å². The highest BCUT2D eigenvalue weighted by molar-refractivity contribution is 6.07. The van der Waals surface area contributed by atoms with Gasteiger partial charge in [0.2, 0.25) is 5.71 Å². The smallest absolute Gasteiger partial charge is 0.344 e. The number of ether oxygens (including phenoxy) is 3. The van der Waals surface area contributed by atoms with Crippen molar-refractivity contribution in [2.24, 2.45) is 0 Å². The molecule has 0 saturated carbocycles. The molecule has 1 aromatic carbocycles. The average Bonchev–Trinajstić information content (AvgIpc) is 3.07. The predicted molar refractivity (Wildman–Crippen MR) is 113 cm³/mol. The van der Waals surface area contributed by atoms with E-state index in [2.05, 4.69) is 23.8 Å². The molecule has 0 amide bonds. The summed E-state index contributed by atoms with van der Waals surface area (Å²) >= 11 is 0. The molecule has 0 aliphatic heterocycles. The Hall–Kier alpha value is -3.62. The number of benzene rings is 1. The molecule has 9 heteroatoms. The quantitative estimate of drug-likeness (QED) is 0.537. The molecule has 0 atom stereocenters. The molecule has 2 aromatic heterocycles. The van der Waals surface area contributed by atoms with Crippen LogP contribution in [0.2, 0.25) is 0 Å². The van der Waals surface area contributed by atoms with Crippen molar-refractivity contribution in [2.75, 3.05) is 18.9 Å². The van der Waals surface area contributed by atoms with E-state index in [4.69, 9.17) is 24.4 Å². The summed E-state index contributed by atoms with van der Waals surface area (Å²) in [4.78, 5) is 32.5. The van der Waals surface area contributed by atoms with Crippen LogP contribution in [-0.2, 0) is 20.9 Å². The van der Waals surface area contributed by atoms with E-state index in [1.165, 1.54) is 5.56 Å². The van der Waals surface area contributed by atoms with Gasteiger partial charge in [-0.1, -0.05) is 26.0 Å². The second-order valence-corrected chi connectivity index (χ2v) is 7.13. The Morgan fingerprint density at radius 3 is 2.48 bits per heavy atom. The van der Waals surface area contributed by atoms with E-state index in [1.807, 2.05) is 12.1 Å². The van der Waals surface area contributed by atoms with Crippen LogP contribution < -0.4 is 10.5 Å². The van der Waals surface area contributed by atoms with Gasteiger partial charge in [-0.25, -0.2) is 14.6 Å². The summed E-state index contributed by atoms with van der Waals surface area (Å²) in [5, 5.41) is 0.277. The Bertz CT molecular complexity index is 1090. The molecule has 0 fully saturated rings. The highest BCUT2D eigenvalue weighted by Crippen LogP contribution is 2.29. The van der Waals surface area contributed by atoms with Crippen molar-refractivity contribution in [3.8, 4) is 5.75 Å². The van der Waals surface area contributed by atoms with E-state index in [0.717, 1.165) is 0 Å². The molecule has 164 valence electrons. The van der Waals surface area contributed by atoms with E-state index in [-0.39, 0.29) is 48.1 Å². The highest BCUT2D eigenvalue weighted by Gasteiger charge is 2.24. The summed E-state index contributed by atoms with van der Waals surface area (Å²) in [6.45, 7) is 7.24. The first-order valence-electron chi connectivity index (χ1n) is 9.91. The molecule has 9 nitrogen and oxygen atoms in total. The summed E-state index contributed by atoms with van der Waals surface area (Å²) in [5.41, 5.74) is 7.49. The van der Waals surface area contributed by atoms with Gasteiger partial charge in [0.05, 0.1) is 12.0 Å². The Morgan fingerprint density at radius 2 is 1.84 bits per heavy atom. The molecule has 31 heavy (non-hydrogen) atoms. The van der Waals surface area contributed by atoms with Crippen molar-refractivity contribution in [3.63, 3.8) is 0 Å². The van der Waals surface area contributed by atoms with Gasteiger partial charge in [-0.05, 0) is 37.5 Å². The molecular formula is C22H25N3O6. The first-order valence-corrected chi connectivity index (χ1v) is 9.91. The number of fused-ring (bicyclic) bond motifs is 1. The number of hydrogen-bond donors (Lipinski definition) is 1. The van der Waals surface area contributed by atoms with Gasteiger partial charge in [0.1, 0.15) is 22.9 Å². The van der Waals surface area contributed by atoms with Crippen LogP contribution in [0.1, 0.15) is 54.2 Å². The van der Waals surface area contributed by atoms with E-state index in [0.29, 0.717) is 17.4 Å². The zero-order valence-electron chi connectivity index (χ0n) is 17.9. The molecule has 2 N–H and O–H groups in total. The van der Waals surface area contributed by atoms with Gasteiger partial charge in [-0.3, -0.25) is 0 Å². The Morgan fingerprint density at radius 1 is 1.13 bits per heavy atom. The van der Waals surface area contributed by atoms with E-state index < -0.39 is 11.9 Å². The summed E-state index contributed by atoms with van der Waals surface area (Å²) in [5.74, 6) is 0.336. The second-order valence-electron chi connectivity index (χ2n) is 7.13. The van der Waals surface area contributed by atoms with E-state index in [9.17, 15) is 9.59 Å². The van der Waals surface area contributed by atoms with E-state index >= 15 is 0 Å². The minimum Gasteiger partial charge on any atom is -0.482 e. The number of aromatic nitrogens is 2. The van der Waals surface area contributed by atoms with Gasteiger partial charge in [-0.2, -0.15) is 4.98 Å². The number of nitrogens with two attached hydrogens (primary N) is 1. The topological polar surface area (TPSA) is 127 Å². The first-order chi connectivity index (χ1) is 14.8. The van der Waals surface area contributed by atoms with Crippen LogP contribution in [0.15, 0.2) is 28.7 Å². The molecule has 3 rings (SSSR count). The number of carbonyl (C=O) groups excluding carboxylic acids is 2. The minimum absolute atomic E-state index is 0.0393. The fourth-order valence-electron chi connectivity index (χ4n) is 2.98. The van der Waals surface area contributed by atoms with Crippen molar-refractivity contribution < 1.29 is 28.2 Å². The lowest BCUT2D eigenvalue weighted by molar-refractivity contribution is -0.147. The SMILES string of the molecule is CCOC(=O)c1c(C)oc2nc(COC(=O)COc3ccc(C(C)C)cc3)nc(N)c12. The highest BCUT2D eigenvalue weighted by atomic mass is 16.6. The normalized spacial score (nSPS) is 11.0. The lowest BCUT2D eigenvalue weighted by Crippen LogP contribution is -2.16. The van der Waals surface area contributed by atoms with Gasteiger partial charge >= 0.3 is 11.9 Å². The summed E-state index contributed by atoms with van der Waals surface area (Å²) < 4.78 is 21.2. The van der Waals surface area contributed by atoms with Crippen molar-refractivity contribution in [1.29, 1.82) is 0 Å². The van der Waals surface area contributed by atoms with Crippen molar-refractivity contribution in [2.45, 2.75) is 40.2 Å². The number of aryl methyl sites for hydroxylation is 1. The molecule has 0 aliphatic carbocycles. The lowest BCUT2D eigenvalue weighted by Gasteiger charge is -2.09. The molecule has 3 aromatic rings. The van der Waals surface area contributed by atoms with Crippen molar-refractivity contribution in [1.82, 2.24) is 9.97 Å². The van der Waals surface area contributed by atoms with Crippen LogP contribution in [0.3, 0.4) is 0 Å². The summed E-state index contributed by atoms with van der Waals surface area (Å²) in [6.07, 6.45) is 0. The molecule has 0 unspecified atom stereocenters. The third kappa shape index (κ3) is 5.11. The summed E-state index contributed by atoms with van der Waals surface area (Å²) in [6, 6.07) is 7.52. The second kappa shape index (κ2) is 9.46. The molecule has 0 saturated heterocycles. The fourth-order valence-corrected chi connectivity index (χ4v) is 2.98. The predicted octanol–water partition coefficient (Wildman–Crippen LogP) is 3.54. The van der Waals surface area contributed by atoms with Gasteiger partial charge in [-0.15, -0.1) is 0 Å². The summed E-state index contributed by atoms with van der Waals surface area (Å²) in [7, 11) is 0. The molecule has 0 spiro atoms. The maximum atomic E-state index is 12.2. The van der Waals surface area contributed by atoms with Gasteiger partial charge in [0, 0.05) is 0 Å². The number of esters is 2. The van der Waals surface area contributed by atoms with Crippen LogP contribution >= 0.6 is 0 Å². The van der Waals surface area contributed by atoms with Crippen LogP contribution in [-0.4, -0.2) is 35.1 Å². The maximum absolute atomic E-state index is 12.2. The molecule has 2 heterocycles. The maximum Gasteiger partial charge on any atom is 0.344 e. The zero-order valence-corrected chi connectivity index (χ0v) is 17.9. The molecule has 0 bridgehead atoms. The third-order valence-corrected chi connectivity index (χ3v) is 4.55. The number of furan rings is 1. The van der Waals surface area contributed by atoms with E-state index in [1.54, 1.807) is 26.0 Å². The van der Waals surface area contributed by atoms with Crippen LogP contribution in [0.4, 0.5) is 5.82 Å². The number of carbonyl (C=O) groups is 2. The zero-order chi connectivity index (χ0) is 22.5. The monoisotopic (exact) mass is 427 g/mol. The Labute approximate surface area is 179 Å². The number of rotatable bonds is 8. The number of nitrogen functional groups attached to an aromatic ring is 1. The lowest BCUT2D eigenvalue weighted by atomic mass is 10.0. The molecule has 0 radical (unpaired) electrons. The largest absolute Gasteiger partial charge is 0.482 e. The Balaban J connectivity index is 1.63. The van der Waals surface area contributed by atoms with Crippen molar-refractivity contribution in [3.05, 3.63) is 47.0 Å². The Kier molecular flexibility index (Phi) is 6.74. The third-order valence-electron chi connectivity index (χ3n) is 4.55. The number of nitrogens with zero attached hydrogens (tertiary/aromatic N) is 2. The fraction of sp³-hybridized carbons (Fsp3) is 0.364. The number of anilines is 1. The average molecular weight is 427 g/mol. The van der Waals surface area contributed by atoms with Crippen LogP contribution in [0, 0.1) is 6.92 Å². The standard InChI is InChI=1S/C22H25N3O6/c1-5-28-22(27)18-13(4)31-21-19(18)20(23)24-16(25-21)10-30-17(26)11-29-15-8-6-14(7-9-15)12(2)3/h6-9,12H,5,10-11H2,1-4H3,(H2,23,24,25). The number of hydrogen-bond acceptors (Lipinski definition) is 9. The van der Waals surface area contributed by atoms with Gasteiger partial charge < -0.3 is 24.4 Å². The van der Waals surface area contributed by atoms with Crippen LogP contribution in [0.25, 0.3) is 11.1 Å². The first kappa shape index (κ1) is 22.1.